The van der Waals surface area contributed by atoms with Crippen molar-refractivity contribution in [2.45, 2.75) is 90.9 Å². The van der Waals surface area contributed by atoms with E-state index in [-0.39, 0.29) is 12.3 Å². The highest BCUT2D eigenvalue weighted by molar-refractivity contribution is 5.78. The molecular formula is C17H31O3-. The first kappa shape index (κ1) is 19.1. The monoisotopic (exact) mass is 283 g/mol. The van der Waals surface area contributed by atoms with E-state index in [4.69, 9.17) is 0 Å². The van der Waals surface area contributed by atoms with Crippen LogP contribution in [0.4, 0.5) is 0 Å². The van der Waals surface area contributed by atoms with E-state index in [1.165, 1.54) is 25.7 Å². The molecule has 0 fully saturated rings. The minimum absolute atomic E-state index is 0.198. The molecule has 0 amide bonds. The zero-order chi connectivity index (χ0) is 15.2. The zero-order valence-electron chi connectivity index (χ0n) is 13.3. The molecule has 0 saturated carbocycles. The topological polar surface area (TPSA) is 57.2 Å². The number of unbranched alkanes of at least 4 members (excludes halogenated alkanes) is 7. The van der Waals surface area contributed by atoms with E-state index < -0.39 is 5.97 Å². The summed E-state index contributed by atoms with van der Waals surface area (Å²) < 4.78 is 0. The van der Waals surface area contributed by atoms with Gasteiger partial charge in [0.05, 0.1) is 0 Å². The molecule has 0 spiro atoms. The summed E-state index contributed by atoms with van der Waals surface area (Å²) in [7, 11) is 0. The Kier molecular flexibility index (Phi) is 12.6. The van der Waals surface area contributed by atoms with Crippen molar-refractivity contribution in [1.82, 2.24) is 0 Å². The predicted octanol–water partition coefficient (Wildman–Crippen LogP) is 3.64. The maximum atomic E-state index is 11.4. The van der Waals surface area contributed by atoms with E-state index in [2.05, 4.69) is 6.92 Å². The molecule has 0 bridgehead atoms. The molecule has 0 aromatic rings. The van der Waals surface area contributed by atoms with Crippen LogP contribution in [0.15, 0.2) is 0 Å². The van der Waals surface area contributed by atoms with E-state index in [0.29, 0.717) is 5.78 Å². The second-order valence-corrected chi connectivity index (χ2v) is 5.84. The molecule has 0 N–H and O–H groups in total. The van der Waals surface area contributed by atoms with Crippen LogP contribution >= 0.6 is 0 Å². The highest BCUT2D eigenvalue weighted by Gasteiger charge is 2.11. The molecule has 3 nitrogen and oxygen atoms in total. The Hall–Kier alpha value is -0.860. The van der Waals surface area contributed by atoms with Gasteiger partial charge in [-0.1, -0.05) is 58.3 Å². The average molecular weight is 283 g/mol. The van der Waals surface area contributed by atoms with Gasteiger partial charge in [0.2, 0.25) is 0 Å². The molecule has 3 heteroatoms. The summed E-state index contributed by atoms with van der Waals surface area (Å²) in [5, 5.41) is 10.2. The lowest BCUT2D eigenvalue weighted by Crippen LogP contribution is -2.21. The number of carboxylic acid groups (broad SMARTS) is 1. The number of hydrogen-bond acceptors (Lipinski definition) is 3. The van der Waals surface area contributed by atoms with Crippen LogP contribution in [0.2, 0.25) is 0 Å². The third-order valence-electron chi connectivity index (χ3n) is 3.90. The van der Waals surface area contributed by atoms with E-state index in [0.717, 1.165) is 44.9 Å². The molecule has 0 aromatic heterocycles. The van der Waals surface area contributed by atoms with Crippen LogP contribution in [0.5, 0.6) is 0 Å². The fourth-order valence-electron chi connectivity index (χ4n) is 2.62. The molecule has 0 aromatic carbocycles. The number of rotatable bonds is 14. The van der Waals surface area contributed by atoms with E-state index >= 15 is 0 Å². The van der Waals surface area contributed by atoms with Crippen molar-refractivity contribution in [3.8, 4) is 0 Å². The van der Waals surface area contributed by atoms with Crippen LogP contribution in [0.1, 0.15) is 90.9 Å². The van der Waals surface area contributed by atoms with Crippen molar-refractivity contribution in [3.63, 3.8) is 0 Å². The van der Waals surface area contributed by atoms with Crippen molar-refractivity contribution in [3.05, 3.63) is 0 Å². The molecule has 0 saturated heterocycles. The molecule has 0 aliphatic rings. The molecule has 1 atom stereocenters. The van der Waals surface area contributed by atoms with Gasteiger partial charge >= 0.3 is 0 Å². The zero-order valence-corrected chi connectivity index (χ0v) is 13.3. The van der Waals surface area contributed by atoms with Gasteiger partial charge in [-0.15, -0.1) is 0 Å². The molecule has 0 aliphatic carbocycles. The first-order valence-corrected chi connectivity index (χ1v) is 8.28. The first-order chi connectivity index (χ1) is 9.57. The highest BCUT2D eigenvalue weighted by atomic mass is 16.4. The Morgan fingerprint density at radius 2 is 1.35 bits per heavy atom. The molecule has 20 heavy (non-hydrogen) atoms. The number of aliphatic carboxylic acids is 1. The highest BCUT2D eigenvalue weighted by Crippen LogP contribution is 2.18. The fraction of sp³-hybridized carbons (Fsp3) is 0.882. The predicted molar refractivity (Wildman–Crippen MR) is 80.3 cm³/mol. The van der Waals surface area contributed by atoms with Gasteiger partial charge in [0, 0.05) is 11.9 Å². The van der Waals surface area contributed by atoms with Crippen molar-refractivity contribution in [2.75, 3.05) is 0 Å². The Bertz CT molecular complexity index is 261. The first-order valence-electron chi connectivity index (χ1n) is 8.28. The van der Waals surface area contributed by atoms with Crippen molar-refractivity contribution in [2.24, 2.45) is 5.92 Å². The Labute approximate surface area is 124 Å². The maximum absolute atomic E-state index is 11.4. The lowest BCUT2D eigenvalue weighted by atomic mass is 9.93. The summed E-state index contributed by atoms with van der Waals surface area (Å²) in [5.41, 5.74) is 0. The second-order valence-electron chi connectivity index (χ2n) is 5.84. The lowest BCUT2D eigenvalue weighted by Gasteiger charge is -2.12. The smallest absolute Gasteiger partial charge is 0.132 e. The second kappa shape index (κ2) is 13.1. The number of carbonyl (C=O) groups excluding carboxylic acids is 2. The van der Waals surface area contributed by atoms with E-state index in [1.54, 1.807) is 6.92 Å². The molecule has 0 radical (unpaired) electrons. The Balaban J connectivity index is 3.31. The van der Waals surface area contributed by atoms with Crippen LogP contribution in [-0.2, 0) is 9.59 Å². The number of hydrogen-bond donors (Lipinski definition) is 0. The van der Waals surface area contributed by atoms with E-state index in [1.807, 2.05) is 0 Å². The molecule has 0 rings (SSSR count). The van der Waals surface area contributed by atoms with Gasteiger partial charge < -0.3 is 9.90 Å². The molecule has 0 aliphatic heterocycles. The van der Waals surface area contributed by atoms with Gasteiger partial charge in [-0.25, -0.2) is 0 Å². The fourth-order valence-corrected chi connectivity index (χ4v) is 2.62. The van der Waals surface area contributed by atoms with Gasteiger partial charge in [-0.05, 0) is 32.6 Å². The van der Waals surface area contributed by atoms with Crippen molar-refractivity contribution < 1.29 is 14.7 Å². The Morgan fingerprint density at radius 3 is 1.80 bits per heavy atom. The van der Waals surface area contributed by atoms with Crippen LogP contribution < -0.4 is 5.11 Å². The molecule has 118 valence electrons. The van der Waals surface area contributed by atoms with E-state index in [9.17, 15) is 14.7 Å². The summed E-state index contributed by atoms with van der Waals surface area (Å²) in [4.78, 5) is 21.6. The third-order valence-corrected chi connectivity index (χ3v) is 3.90. The van der Waals surface area contributed by atoms with Crippen LogP contribution in [0.25, 0.3) is 0 Å². The molecular weight excluding hydrogens is 252 g/mol. The quantitative estimate of drug-likeness (QED) is 0.457. The summed E-state index contributed by atoms with van der Waals surface area (Å²) in [6.45, 7) is 3.85. The minimum Gasteiger partial charge on any atom is -0.550 e. The van der Waals surface area contributed by atoms with Crippen molar-refractivity contribution >= 4 is 11.8 Å². The SMILES string of the molecule is CCC[C@@H](CCCCCCCCCCC(=O)[O-])C(C)=O. The normalized spacial score (nSPS) is 12.3. The van der Waals surface area contributed by atoms with Gasteiger partial charge in [-0.3, -0.25) is 4.79 Å². The molecule has 0 heterocycles. The van der Waals surface area contributed by atoms with Crippen LogP contribution in [0, 0.1) is 5.92 Å². The lowest BCUT2D eigenvalue weighted by molar-refractivity contribution is -0.305. The van der Waals surface area contributed by atoms with Gasteiger partial charge in [0.15, 0.2) is 0 Å². The molecule has 0 unspecified atom stereocenters. The maximum Gasteiger partial charge on any atom is 0.132 e. The van der Waals surface area contributed by atoms with Gasteiger partial charge in [-0.2, -0.15) is 0 Å². The summed E-state index contributed by atoms with van der Waals surface area (Å²) in [6, 6.07) is 0. The average Bonchev–Trinajstić information content (AvgIpc) is 2.39. The summed E-state index contributed by atoms with van der Waals surface area (Å²) in [6.07, 6.45) is 12.3. The minimum atomic E-state index is -0.933. The number of ketones is 1. The number of carboxylic acids is 1. The third kappa shape index (κ3) is 12.2. The number of Topliss-reactive ketones (excluding diaryl/α,β-unsaturated/α-hetero) is 1. The van der Waals surface area contributed by atoms with Gasteiger partial charge in [0.1, 0.15) is 5.78 Å². The summed E-state index contributed by atoms with van der Waals surface area (Å²) in [5.74, 6) is -0.304. The summed E-state index contributed by atoms with van der Waals surface area (Å²) >= 11 is 0. The van der Waals surface area contributed by atoms with Crippen molar-refractivity contribution in [1.29, 1.82) is 0 Å². The van der Waals surface area contributed by atoms with Crippen LogP contribution in [0.3, 0.4) is 0 Å². The number of carbonyl (C=O) groups is 2. The van der Waals surface area contributed by atoms with Gasteiger partial charge in [0.25, 0.3) is 0 Å². The Morgan fingerprint density at radius 1 is 0.850 bits per heavy atom. The van der Waals surface area contributed by atoms with Crippen LogP contribution in [-0.4, -0.2) is 11.8 Å². The largest absolute Gasteiger partial charge is 0.550 e. The standard InChI is InChI=1S/C17H32O3/c1-3-12-16(15(2)18)13-10-8-6-4-5-7-9-11-14-17(19)20/h16H,3-14H2,1-2H3,(H,19,20)/p-1/t16-/m0/s1.